The van der Waals surface area contributed by atoms with Crippen molar-refractivity contribution >= 4 is 29.3 Å². The zero-order chi connectivity index (χ0) is 23.0. The zero-order valence-electron chi connectivity index (χ0n) is 18.7. The van der Waals surface area contributed by atoms with Crippen molar-refractivity contribution in [3.8, 4) is 11.4 Å². The normalized spacial score (nSPS) is 13.7. The summed E-state index contributed by atoms with van der Waals surface area (Å²) < 4.78 is 1.55. The number of nitrogens with zero attached hydrogens (tertiary/aromatic N) is 4. The maximum atomic E-state index is 12.7. The SMILES string of the molecule is CCc1ccc(NC(=O)Cn2nc(-c3ccncc3)nc2SCC(=O)NC2CCCC2)cc1. The number of hydrogen-bond donors (Lipinski definition) is 2. The number of hydrogen-bond acceptors (Lipinski definition) is 6. The molecule has 9 heteroatoms. The molecule has 0 spiro atoms. The number of carbonyl (C=O) groups excluding carboxylic acids is 2. The molecule has 0 atom stereocenters. The van der Waals surface area contributed by atoms with Crippen LogP contribution in [0.25, 0.3) is 11.4 Å². The maximum absolute atomic E-state index is 12.7. The van der Waals surface area contributed by atoms with Gasteiger partial charge >= 0.3 is 0 Å². The fourth-order valence-corrected chi connectivity index (χ4v) is 4.54. The van der Waals surface area contributed by atoms with Gasteiger partial charge in [-0.25, -0.2) is 9.67 Å². The molecule has 0 bridgehead atoms. The number of rotatable bonds is 9. The van der Waals surface area contributed by atoms with Crippen LogP contribution in [-0.2, 0) is 22.6 Å². The van der Waals surface area contributed by atoms with Crippen LogP contribution < -0.4 is 10.6 Å². The summed E-state index contributed by atoms with van der Waals surface area (Å²) in [6.07, 6.45) is 8.70. The molecule has 8 nitrogen and oxygen atoms in total. The molecule has 0 saturated heterocycles. The Labute approximate surface area is 197 Å². The smallest absolute Gasteiger partial charge is 0.246 e. The molecule has 1 aliphatic rings. The predicted molar refractivity (Wildman–Crippen MR) is 129 cm³/mol. The van der Waals surface area contributed by atoms with Crippen LogP contribution in [0.5, 0.6) is 0 Å². The third-order valence-corrected chi connectivity index (χ3v) is 6.54. The number of amides is 2. The molecule has 1 fully saturated rings. The summed E-state index contributed by atoms with van der Waals surface area (Å²) in [6, 6.07) is 11.7. The molecule has 172 valence electrons. The number of nitrogens with one attached hydrogen (secondary N) is 2. The van der Waals surface area contributed by atoms with Crippen LogP contribution >= 0.6 is 11.8 Å². The molecule has 0 radical (unpaired) electrons. The van der Waals surface area contributed by atoms with E-state index in [1.807, 2.05) is 36.4 Å². The van der Waals surface area contributed by atoms with Crippen molar-refractivity contribution in [2.75, 3.05) is 11.1 Å². The predicted octanol–water partition coefficient (Wildman–Crippen LogP) is 3.69. The Morgan fingerprint density at radius 3 is 2.48 bits per heavy atom. The second-order valence-corrected chi connectivity index (χ2v) is 8.99. The molecule has 1 aliphatic carbocycles. The molecule has 2 heterocycles. The monoisotopic (exact) mass is 464 g/mol. The highest BCUT2D eigenvalue weighted by Crippen LogP contribution is 2.22. The molecule has 0 unspecified atom stereocenters. The topological polar surface area (TPSA) is 102 Å². The first kappa shape index (κ1) is 23.0. The van der Waals surface area contributed by atoms with Gasteiger partial charge in [0.15, 0.2) is 11.0 Å². The Balaban J connectivity index is 1.45. The van der Waals surface area contributed by atoms with E-state index in [0.717, 1.165) is 43.4 Å². The number of anilines is 1. The number of benzene rings is 1. The highest BCUT2D eigenvalue weighted by molar-refractivity contribution is 7.99. The Hall–Kier alpha value is -3.20. The van der Waals surface area contributed by atoms with Crippen molar-refractivity contribution < 1.29 is 9.59 Å². The maximum Gasteiger partial charge on any atom is 0.246 e. The Kier molecular flexibility index (Phi) is 7.72. The van der Waals surface area contributed by atoms with Gasteiger partial charge in [-0.1, -0.05) is 43.7 Å². The first-order chi connectivity index (χ1) is 16.1. The minimum atomic E-state index is -0.206. The molecule has 1 saturated carbocycles. The lowest BCUT2D eigenvalue weighted by Crippen LogP contribution is -2.33. The zero-order valence-corrected chi connectivity index (χ0v) is 19.5. The Morgan fingerprint density at radius 1 is 1.06 bits per heavy atom. The standard InChI is InChI=1S/C24H28N6O2S/c1-2-17-7-9-20(10-8-17)26-21(31)15-30-24(28-23(29-30)18-11-13-25-14-12-18)33-16-22(32)27-19-5-3-4-6-19/h7-14,19H,2-6,15-16H2,1H3,(H,26,31)(H,27,32). The lowest BCUT2D eigenvalue weighted by atomic mass is 10.1. The van der Waals surface area contributed by atoms with Gasteiger partial charge in [-0.3, -0.25) is 14.6 Å². The van der Waals surface area contributed by atoms with E-state index < -0.39 is 0 Å². The molecule has 33 heavy (non-hydrogen) atoms. The van der Waals surface area contributed by atoms with Crippen molar-refractivity contribution in [3.05, 3.63) is 54.4 Å². The van der Waals surface area contributed by atoms with Crippen LogP contribution in [0.3, 0.4) is 0 Å². The highest BCUT2D eigenvalue weighted by Gasteiger charge is 2.19. The minimum Gasteiger partial charge on any atom is -0.353 e. The van der Waals surface area contributed by atoms with Crippen molar-refractivity contribution in [2.24, 2.45) is 0 Å². The van der Waals surface area contributed by atoms with Gasteiger partial charge in [-0.05, 0) is 49.1 Å². The number of pyridine rings is 1. The summed E-state index contributed by atoms with van der Waals surface area (Å²) in [5.41, 5.74) is 2.74. The van der Waals surface area contributed by atoms with E-state index >= 15 is 0 Å². The Bertz CT molecular complexity index is 1080. The average molecular weight is 465 g/mol. The molecular weight excluding hydrogens is 436 g/mol. The lowest BCUT2D eigenvalue weighted by molar-refractivity contribution is -0.119. The van der Waals surface area contributed by atoms with Crippen molar-refractivity contribution in [2.45, 2.75) is 56.8 Å². The van der Waals surface area contributed by atoms with E-state index in [2.05, 4.69) is 32.6 Å². The first-order valence-electron chi connectivity index (χ1n) is 11.3. The summed E-state index contributed by atoms with van der Waals surface area (Å²) in [4.78, 5) is 33.7. The first-order valence-corrected chi connectivity index (χ1v) is 12.3. The summed E-state index contributed by atoms with van der Waals surface area (Å²) in [6.45, 7) is 2.09. The summed E-state index contributed by atoms with van der Waals surface area (Å²) in [5, 5.41) is 11.1. The molecule has 3 aromatic rings. The minimum absolute atomic E-state index is 0.000189. The number of aromatic nitrogens is 4. The van der Waals surface area contributed by atoms with Crippen molar-refractivity contribution in [3.63, 3.8) is 0 Å². The van der Waals surface area contributed by atoms with Crippen molar-refractivity contribution in [1.29, 1.82) is 0 Å². The van der Waals surface area contributed by atoms with Crippen LogP contribution in [0.4, 0.5) is 5.69 Å². The van der Waals surface area contributed by atoms with Gasteiger partial charge in [0.2, 0.25) is 11.8 Å². The van der Waals surface area contributed by atoms with Gasteiger partial charge in [0.05, 0.1) is 5.75 Å². The van der Waals surface area contributed by atoms with E-state index in [0.29, 0.717) is 11.0 Å². The molecule has 2 amide bonds. The van der Waals surface area contributed by atoms with Crippen LogP contribution in [0.1, 0.15) is 38.2 Å². The van der Waals surface area contributed by atoms with E-state index in [1.54, 1.807) is 17.1 Å². The summed E-state index contributed by atoms with van der Waals surface area (Å²) >= 11 is 1.29. The quantitative estimate of drug-likeness (QED) is 0.468. The van der Waals surface area contributed by atoms with Gasteiger partial charge in [0, 0.05) is 29.7 Å². The van der Waals surface area contributed by atoms with E-state index in [1.165, 1.54) is 17.3 Å². The van der Waals surface area contributed by atoms with Gasteiger partial charge in [-0.15, -0.1) is 5.10 Å². The third kappa shape index (κ3) is 6.41. The van der Waals surface area contributed by atoms with E-state index in [4.69, 9.17) is 0 Å². The average Bonchev–Trinajstić information content (AvgIpc) is 3.49. The van der Waals surface area contributed by atoms with E-state index in [9.17, 15) is 9.59 Å². The molecule has 4 rings (SSSR count). The van der Waals surface area contributed by atoms with Crippen LogP contribution in [-0.4, -0.2) is 43.4 Å². The largest absolute Gasteiger partial charge is 0.353 e. The number of thioether (sulfide) groups is 1. The van der Waals surface area contributed by atoms with Gasteiger partial charge in [0.1, 0.15) is 6.54 Å². The molecule has 2 N–H and O–H groups in total. The highest BCUT2D eigenvalue weighted by atomic mass is 32.2. The second kappa shape index (κ2) is 11.1. The van der Waals surface area contributed by atoms with Crippen molar-refractivity contribution in [1.82, 2.24) is 25.1 Å². The second-order valence-electron chi connectivity index (χ2n) is 8.05. The Morgan fingerprint density at radius 2 is 1.79 bits per heavy atom. The fraction of sp³-hybridized carbons (Fsp3) is 0.375. The fourth-order valence-electron chi connectivity index (χ4n) is 3.79. The summed E-state index contributed by atoms with van der Waals surface area (Å²) in [7, 11) is 0. The van der Waals surface area contributed by atoms with Gasteiger partial charge < -0.3 is 10.6 Å². The van der Waals surface area contributed by atoms with E-state index in [-0.39, 0.29) is 30.2 Å². The van der Waals surface area contributed by atoms with Gasteiger partial charge in [0.25, 0.3) is 0 Å². The lowest BCUT2D eigenvalue weighted by Gasteiger charge is -2.11. The van der Waals surface area contributed by atoms with Crippen LogP contribution in [0.2, 0.25) is 0 Å². The molecule has 1 aromatic carbocycles. The molecule has 0 aliphatic heterocycles. The third-order valence-electron chi connectivity index (χ3n) is 5.57. The summed E-state index contributed by atoms with van der Waals surface area (Å²) in [5.74, 6) is 0.497. The van der Waals surface area contributed by atoms with Gasteiger partial charge in [-0.2, -0.15) is 0 Å². The van der Waals surface area contributed by atoms with Crippen LogP contribution in [0.15, 0.2) is 53.9 Å². The molecular formula is C24H28N6O2S. The van der Waals surface area contributed by atoms with Crippen LogP contribution in [0, 0.1) is 0 Å². The number of carbonyl (C=O) groups is 2. The number of aryl methyl sites for hydroxylation is 1. The molecule has 2 aromatic heterocycles.